The van der Waals surface area contributed by atoms with Crippen LogP contribution in [0.15, 0.2) is 36.4 Å². The molecule has 6 heteroatoms. The van der Waals surface area contributed by atoms with Gasteiger partial charge in [-0.15, -0.1) is 5.10 Å². The Kier molecular flexibility index (Phi) is 2.89. The second kappa shape index (κ2) is 4.85. The largest absolute Gasteiger partial charge is 0.497 e. The normalized spacial score (nSPS) is 10.4. The minimum Gasteiger partial charge on any atom is -0.497 e. The molecule has 3 aromatic rings. The second-order valence-electron chi connectivity index (χ2n) is 3.82. The summed E-state index contributed by atoms with van der Waals surface area (Å²) in [5.41, 5.74) is 2.38. The summed E-state index contributed by atoms with van der Waals surface area (Å²) in [6.45, 7) is 0. The third-order valence-corrected chi connectivity index (χ3v) is 2.63. The maximum absolute atomic E-state index is 5.20. The Morgan fingerprint density at radius 3 is 2.89 bits per heavy atom. The molecule has 0 saturated carbocycles. The molecule has 0 fully saturated rings. The number of ether oxygens (including phenoxy) is 1. The first kappa shape index (κ1) is 11.3. The predicted molar refractivity (Wildman–Crippen MR) is 68.2 cm³/mol. The number of aromatic nitrogens is 5. The van der Waals surface area contributed by atoms with Crippen LogP contribution >= 0.6 is 0 Å². The van der Waals surface area contributed by atoms with Gasteiger partial charge in [0.05, 0.1) is 12.8 Å². The molecule has 1 aromatic carbocycles. The molecule has 0 bridgehead atoms. The zero-order valence-electron chi connectivity index (χ0n) is 10.2. The minimum absolute atomic E-state index is 0.515. The van der Waals surface area contributed by atoms with Gasteiger partial charge in [0.25, 0.3) is 0 Å². The average Bonchev–Trinajstić information content (AvgIpc) is 3.02. The lowest BCUT2D eigenvalue weighted by molar-refractivity contribution is 0.415. The number of benzene rings is 1. The number of H-pyrrole nitrogens is 1. The number of rotatable bonds is 3. The van der Waals surface area contributed by atoms with E-state index in [1.165, 1.54) is 0 Å². The summed E-state index contributed by atoms with van der Waals surface area (Å²) in [5.74, 6) is 1.30. The van der Waals surface area contributed by atoms with Gasteiger partial charge in [0.15, 0.2) is 5.82 Å². The van der Waals surface area contributed by atoms with Crippen molar-refractivity contribution in [3.63, 3.8) is 0 Å². The molecule has 0 aliphatic heterocycles. The fourth-order valence-corrected chi connectivity index (χ4v) is 1.71. The van der Waals surface area contributed by atoms with Gasteiger partial charge in [-0.3, -0.25) is 0 Å². The molecule has 1 N–H and O–H groups in total. The van der Waals surface area contributed by atoms with E-state index >= 15 is 0 Å². The van der Waals surface area contributed by atoms with Crippen LogP contribution in [-0.2, 0) is 0 Å². The number of nitrogens with zero attached hydrogens (tertiary/aromatic N) is 4. The molecule has 0 aliphatic rings. The molecular formula is C13H10N5O. The van der Waals surface area contributed by atoms with Crippen LogP contribution in [0.1, 0.15) is 0 Å². The number of tetrazole rings is 1. The molecular weight excluding hydrogens is 242 g/mol. The highest BCUT2D eigenvalue weighted by Crippen LogP contribution is 2.23. The van der Waals surface area contributed by atoms with Crippen LogP contribution in [0, 0.1) is 6.07 Å². The van der Waals surface area contributed by atoms with E-state index in [1.807, 2.05) is 30.3 Å². The molecule has 0 aliphatic carbocycles. The molecule has 93 valence electrons. The number of hydrogen-bond donors (Lipinski definition) is 1. The van der Waals surface area contributed by atoms with Crippen molar-refractivity contribution in [3.05, 3.63) is 42.5 Å². The maximum atomic E-state index is 5.20. The lowest BCUT2D eigenvalue weighted by atomic mass is 10.1. The monoisotopic (exact) mass is 252 g/mol. The Hall–Kier alpha value is -2.76. The van der Waals surface area contributed by atoms with E-state index in [2.05, 4.69) is 31.7 Å². The molecule has 19 heavy (non-hydrogen) atoms. The summed E-state index contributed by atoms with van der Waals surface area (Å²) in [6, 6.07) is 14.2. The van der Waals surface area contributed by atoms with Crippen molar-refractivity contribution in [3.8, 4) is 28.5 Å². The zero-order valence-corrected chi connectivity index (χ0v) is 10.2. The van der Waals surface area contributed by atoms with Crippen molar-refractivity contribution in [2.75, 3.05) is 7.11 Å². The smallest absolute Gasteiger partial charge is 0.198 e. The standard InChI is InChI=1S/C13H10N5O/c1-19-10-5-2-4-9(8-10)11-6-3-7-12(14-11)13-15-17-18-16-13/h2,4-8H,1H3,(H,15,16,17,18). The molecule has 0 atom stereocenters. The van der Waals surface area contributed by atoms with E-state index in [1.54, 1.807) is 13.2 Å². The maximum Gasteiger partial charge on any atom is 0.198 e. The van der Waals surface area contributed by atoms with Gasteiger partial charge >= 0.3 is 0 Å². The van der Waals surface area contributed by atoms with E-state index in [4.69, 9.17) is 4.74 Å². The van der Waals surface area contributed by atoms with E-state index in [-0.39, 0.29) is 0 Å². The molecule has 1 radical (unpaired) electrons. The summed E-state index contributed by atoms with van der Waals surface area (Å²) in [4.78, 5) is 4.50. The van der Waals surface area contributed by atoms with Gasteiger partial charge in [-0.05, 0) is 40.8 Å². The zero-order chi connectivity index (χ0) is 13.1. The van der Waals surface area contributed by atoms with Crippen molar-refractivity contribution in [2.24, 2.45) is 0 Å². The van der Waals surface area contributed by atoms with E-state index < -0.39 is 0 Å². The fraction of sp³-hybridized carbons (Fsp3) is 0.0769. The number of hydrogen-bond acceptors (Lipinski definition) is 5. The van der Waals surface area contributed by atoms with Crippen LogP contribution < -0.4 is 4.74 Å². The van der Waals surface area contributed by atoms with Crippen LogP contribution in [0.3, 0.4) is 0 Å². The van der Waals surface area contributed by atoms with E-state index in [0.29, 0.717) is 11.5 Å². The second-order valence-corrected chi connectivity index (χ2v) is 3.82. The molecule has 3 rings (SSSR count). The average molecular weight is 252 g/mol. The number of pyridine rings is 1. The van der Waals surface area contributed by atoms with Crippen molar-refractivity contribution in [1.82, 2.24) is 25.6 Å². The number of methoxy groups -OCH3 is 1. The minimum atomic E-state index is 0.515. The van der Waals surface area contributed by atoms with E-state index in [9.17, 15) is 0 Å². The van der Waals surface area contributed by atoms with Crippen LogP contribution in [0.4, 0.5) is 0 Å². The van der Waals surface area contributed by atoms with Crippen molar-refractivity contribution in [2.45, 2.75) is 0 Å². The Morgan fingerprint density at radius 1 is 1.21 bits per heavy atom. The SMILES string of the molecule is COc1cccc(-c2c[c]cc(-c3nnn[nH]3)n2)c1. The Labute approximate surface area is 109 Å². The van der Waals surface area contributed by atoms with E-state index in [0.717, 1.165) is 17.0 Å². The van der Waals surface area contributed by atoms with Crippen molar-refractivity contribution >= 4 is 0 Å². The van der Waals surface area contributed by atoms with Crippen LogP contribution in [-0.4, -0.2) is 32.7 Å². The molecule has 0 spiro atoms. The van der Waals surface area contributed by atoms with Crippen LogP contribution in [0.5, 0.6) is 5.75 Å². The van der Waals surface area contributed by atoms with Gasteiger partial charge in [-0.1, -0.05) is 12.1 Å². The first-order chi connectivity index (χ1) is 9.36. The van der Waals surface area contributed by atoms with Gasteiger partial charge in [0.2, 0.25) is 0 Å². The van der Waals surface area contributed by atoms with Gasteiger partial charge in [0, 0.05) is 5.56 Å². The third-order valence-electron chi connectivity index (χ3n) is 2.63. The van der Waals surface area contributed by atoms with Gasteiger partial charge in [-0.25, -0.2) is 10.1 Å². The molecule has 0 unspecified atom stereocenters. The first-order valence-corrected chi connectivity index (χ1v) is 5.63. The van der Waals surface area contributed by atoms with Crippen LogP contribution in [0.25, 0.3) is 22.8 Å². The third kappa shape index (κ3) is 2.28. The summed E-state index contributed by atoms with van der Waals surface area (Å²) < 4.78 is 5.20. The first-order valence-electron chi connectivity index (χ1n) is 5.63. The van der Waals surface area contributed by atoms with Gasteiger partial charge in [0.1, 0.15) is 11.4 Å². The molecule has 2 heterocycles. The number of aromatic amines is 1. The highest BCUT2D eigenvalue weighted by Gasteiger charge is 2.06. The Morgan fingerprint density at radius 2 is 2.11 bits per heavy atom. The number of nitrogens with one attached hydrogen (secondary N) is 1. The predicted octanol–water partition coefficient (Wildman–Crippen LogP) is 1.74. The Bertz CT molecular complexity index is 681. The highest BCUT2D eigenvalue weighted by molar-refractivity contribution is 5.64. The summed E-state index contributed by atoms with van der Waals surface area (Å²) in [5, 5.41) is 13.6. The highest BCUT2D eigenvalue weighted by atomic mass is 16.5. The summed E-state index contributed by atoms with van der Waals surface area (Å²) >= 11 is 0. The molecule has 6 nitrogen and oxygen atoms in total. The quantitative estimate of drug-likeness (QED) is 0.768. The fourth-order valence-electron chi connectivity index (χ4n) is 1.71. The topological polar surface area (TPSA) is 76.6 Å². The van der Waals surface area contributed by atoms with Crippen molar-refractivity contribution < 1.29 is 4.74 Å². The van der Waals surface area contributed by atoms with Crippen molar-refractivity contribution in [1.29, 1.82) is 0 Å². The molecule has 0 saturated heterocycles. The van der Waals surface area contributed by atoms with Crippen LogP contribution in [0.2, 0.25) is 0 Å². The molecule has 0 amide bonds. The lowest BCUT2D eigenvalue weighted by Crippen LogP contribution is -1.90. The lowest BCUT2D eigenvalue weighted by Gasteiger charge is -2.04. The van der Waals surface area contributed by atoms with Gasteiger partial charge in [-0.2, -0.15) is 0 Å². The Balaban J connectivity index is 2.03. The summed E-state index contributed by atoms with van der Waals surface area (Å²) in [7, 11) is 1.63. The van der Waals surface area contributed by atoms with Gasteiger partial charge < -0.3 is 4.74 Å². The molecule has 2 aromatic heterocycles. The summed E-state index contributed by atoms with van der Waals surface area (Å²) in [6.07, 6.45) is 0.